The second kappa shape index (κ2) is 8.38. The number of imide groups is 2. The molecule has 1 aromatic carbocycles. The Morgan fingerprint density at radius 2 is 2.00 bits per heavy atom. The molecular formula is C19H24N4O6. The molecule has 0 radical (unpaired) electrons. The molecule has 0 aliphatic carbocycles. The summed E-state index contributed by atoms with van der Waals surface area (Å²) in [5.41, 5.74) is -0.443. The molecule has 1 saturated heterocycles. The van der Waals surface area contributed by atoms with Crippen molar-refractivity contribution in [3.8, 4) is 11.5 Å². The predicted octanol–water partition coefficient (Wildman–Crippen LogP) is 0.894. The summed E-state index contributed by atoms with van der Waals surface area (Å²) in [5.74, 6) is -0.0825. The molecule has 1 atom stereocenters. The highest BCUT2D eigenvalue weighted by atomic mass is 16.7. The number of carbonyl (C=O) groups is 4. The van der Waals surface area contributed by atoms with Crippen molar-refractivity contribution in [1.29, 1.82) is 0 Å². The van der Waals surface area contributed by atoms with E-state index in [1.165, 1.54) is 0 Å². The van der Waals surface area contributed by atoms with Crippen molar-refractivity contribution < 1.29 is 28.7 Å². The fourth-order valence-corrected chi connectivity index (χ4v) is 3.20. The lowest BCUT2D eigenvalue weighted by atomic mass is 9.92. The third kappa shape index (κ3) is 4.58. The quantitative estimate of drug-likeness (QED) is 0.458. The first kappa shape index (κ1) is 20.4. The Morgan fingerprint density at radius 1 is 1.24 bits per heavy atom. The first-order chi connectivity index (χ1) is 13.8. The van der Waals surface area contributed by atoms with Gasteiger partial charge in [0.15, 0.2) is 11.5 Å². The zero-order valence-electron chi connectivity index (χ0n) is 16.4. The van der Waals surface area contributed by atoms with Gasteiger partial charge in [-0.3, -0.25) is 19.8 Å². The number of hydrogen-bond acceptors (Lipinski definition) is 6. The molecule has 0 unspecified atom stereocenters. The molecule has 0 spiro atoms. The van der Waals surface area contributed by atoms with Gasteiger partial charge in [0, 0.05) is 13.0 Å². The zero-order valence-corrected chi connectivity index (χ0v) is 16.4. The Kier molecular flexibility index (Phi) is 5.90. The number of nitrogens with one attached hydrogen (secondary N) is 3. The molecule has 1 fully saturated rings. The van der Waals surface area contributed by atoms with Crippen LogP contribution < -0.4 is 25.4 Å². The maximum absolute atomic E-state index is 12.8. The van der Waals surface area contributed by atoms with E-state index in [0.717, 1.165) is 23.3 Å². The number of fused-ring (bicyclic) bond motifs is 1. The number of amides is 6. The number of rotatable bonds is 7. The minimum absolute atomic E-state index is 0.140. The molecule has 2 heterocycles. The third-order valence-corrected chi connectivity index (χ3v) is 4.71. The van der Waals surface area contributed by atoms with Crippen molar-refractivity contribution in [2.75, 3.05) is 19.9 Å². The minimum atomic E-state index is -1.21. The predicted molar refractivity (Wildman–Crippen MR) is 101 cm³/mol. The van der Waals surface area contributed by atoms with Gasteiger partial charge in [0.25, 0.3) is 5.91 Å². The van der Waals surface area contributed by atoms with Crippen LogP contribution in [0.2, 0.25) is 0 Å². The maximum atomic E-state index is 12.8. The van der Waals surface area contributed by atoms with E-state index in [4.69, 9.17) is 9.47 Å². The van der Waals surface area contributed by atoms with Crippen LogP contribution in [0.3, 0.4) is 0 Å². The molecule has 29 heavy (non-hydrogen) atoms. The van der Waals surface area contributed by atoms with E-state index in [2.05, 4.69) is 16.0 Å². The lowest BCUT2D eigenvalue weighted by molar-refractivity contribution is -0.134. The van der Waals surface area contributed by atoms with E-state index in [9.17, 15) is 19.2 Å². The highest BCUT2D eigenvalue weighted by Gasteiger charge is 2.48. The molecule has 10 heteroatoms. The van der Waals surface area contributed by atoms with Crippen LogP contribution in [0.25, 0.3) is 0 Å². The van der Waals surface area contributed by atoms with E-state index in [-0.39, 0.29) is 13.2 Å². The minimum Gasteiger partial charge on any atom is -0.454 e. The average Bonchev–Trinajstić information content (AvgIpc) is 3.20. The summed E-state index contributed by atoms with van der Waals surface area (Å²) in [5, 5.41) is 7.28. The molecule has 3 rings (SSSR count). The van der Waals surface area contributed by atoms with Gasteiger partial charge in [0.1, 0.15) is 12.1 Å². The molecule has 6 amide bonds. The Morgan fingerprint density at radius 3 is 2.76 bits per heavy atom. The summed E-state index contributed by atoms with van der Waals surface area (Å²) in [6, 6.07) is 3.94. The fraction of sp³-hybridized carbons (Fsp3) is 0.474. The maximum Gasteiger partial charge on any atom is 0.325 e. The van der Waals surface area contributed by atoms with Crippen LogP contribution in [0.4, 0.5) is 9.59 Å². The van der Waals surface area contributed by atoms with Gasteiger partial charge in [-0.15, -0.1) is 0 Å². The van der Waals surface area contributed by atoms with Crippen LogP contribution in [0.5, 0.6) is 11.5 Å². The molecule has 0 aromatic heterocycles. The highest BCUT2D eigenvalue weighted by molar-refractivity contribution is 6.09. The van der Waals surface area contributed by atoms with Crippen LogP contribution in [-0.2, 0) is 16.0 Å². The molecule has 2 aliphatic heterocycles. The summed E-state index contributed by atoms with van der Waals surface area (Å²) in [6.45, 7) is 3.60. The van der Waals surface area contributed by atoms with Gasteiger partial charge in [0.2, 0.25) is 12.7 Å². The average molecular weight is 404 g/mol. The van der Waals surface area contributed by atoms with Crippen LogP contribution in [0.1, 0.15) is 32.3 Å². The summed E-state index contributed by atoms with van der Waals surface area (Å²) in [7, 11) is 0. The van der Waals surface area contributed by atoms with Crippen LogP contribution in [0.15, 0.2) is 18.2 Å². The molecule has 3 N–H and O–H groups in total. The number of hydrogen-bond donors (Lipinski definition) is 3. The van der Waals surface area contributed by atoms with E-state index in [0.29, 0.717) is 18.0 Å². The molecule has 156 valence electrons. The van der Waals surface area contributed by atoms with E-state index >= 15 is 0 Å². The standard InChI is InChI=1S/C19H24N4O6/c1-3-4-7-20-17(26)21-15(24)10-23-16(25)19(2,22-18(23)27)9-12-5-6-13-14(8-12)29-11-28-13/h5-6,8H,3-4,7,9-11H2,1-2H3,(H,22,27)(H2,20,21,24,26)/t19-/m0/s1. The lowest BCUT2D eigenvalue weighted by Gasteiger charge is -2.21. The van der Waals surface area contributed by atoms with E-state index < -0.39 is 36.0 Å². The van der Waals surface area contributed by atoms with Gasteiger partial charge in [-0.05, 0) is 31.0 Å². The Bertz CT molecular complexity index is 842. The largest absolute Gasteiger partial charge is 0.454 e. The molecular weight excluding hydrogens is 380 g/mol. The van der Waals surface area contributed by atoms with Crippen LogP contribution in [0, 0.1) is 0 Å². The summed E-state index contributed by atoms with van der Waals surface area (Å²) in [6.07, 6.45) is 1.90. The van der Waals surface area contributed by atoms with Crippen molar-refractivity contribution in [2.45, 2.75) is 38.6 Å². The summed E-state index contributed by atoms with van der Waals surface area (Å²) >= 11 is 0. The summed E-state index contributed by atoms with van der Waals surface area (Å²) in [4.78, 5) is 49.6. The molecule has 0 saturated carbocycles. The normalized spacial score (nSPS) is 19.9. The van der Waals surface area contributed by atoms with Crippen LogP contribution in [-0.4, -0.2) is 54.2 Å². The number of unbranched alkanes of at least 4 members (excludes halogenated alkanes) is 1. The Hall–Kier alpha value is -3.30. The molecule has 1 aromatic rings. The van der Waals surface area contributed by atoms with Crippen molar-refractivity contribution in [3.05, 3.63) is 23.8 Å². The van der Waals surface area contributed by atoms with Crippen molar-refractivity contribution >= 4 is 23.9 Å². The van der Waals surface area contributed by atoms with Gasteiger partial charge in [-0.1, -0.05) is 19.4 Å². The summed E-state index contributed by atoms with van der Waals surface area (Å²) < 4.78 is 10.6. The first-order valence-corrected chi connectivity index (χ1v) is 9.42. The van der Waals surface area contributed by atoms with Gasteiger partial charge in [-0.2, -0.15) is 0 Å². The molecule has 10 nitrogen and oxygen atoms in total. The Balaban J connectivity index is 1.59. The van der Waals surface area contributed by atoms with E-state index in [1.54, 1.807) is 25.1 Å². The topological polar surface area (TPSA) is 126 Å². The molecule has 0 bridgehead atoms. The van der Waals surface area contributed by atoms with Crippen molar-refractivity contribution in [3.63, 3.8) is 0 Å². The monoisotopic (exact) mass is 404 g/mol. The number of carbonyl (C=O) groups excluding carboxylic acids is 4. The van der Waals surface area contributed by atoms with E-state index in [1.807, 2.05) is 6.92 Å². The first-order valence-electron chi connectivity index (χ1n) is 9.42. The number of urea groups is 2. The SMILES string of the molecule is CCCCNC(=O)NC(=O)CN1C(=O)N[C@@](C)(Cc2ccc3c(c2)OCO3)C1=O. The Labute approximate surface area is 167 Å². The second-order valence-electron chi connectivity index (χ2n) is 7.18. The lowest BCUT2D eigenvalue weighted by Crippen LogP contribution is -2.48. The third-order valence-electron chi connectivity index (χ3n) is 4.71. The van der Waals surface area contributed by atoms with Gasteiger partial charge >= 0.3 is 12.1 Å². The van der Waals surface area contributed by atoms with Crippen LogP contribution >= 0.6 is 0 Å². The smallest absolute Gasteiger partial charge is 0.325 e. The number of ether oxygens (including phenoxy) is 2. The number of nitrogens with zero attached hydrogens (tertiary/aromatic N) is 1. The van der Waals surface area contributed by atoms with Crippen molar-refractivity contribution in [1.82, 2.24) is 20.9 Å². The van der Waals surface area contributed by atoms with Gasteiger partial charge in [-0.25, -0.2) is 9.59 Å². The van der Waals surface area contributed by atoms with Crippen molar-refractivity contribution in [2.24, 2.45) is 0 Å². The fourth-order valence-electron chi connectivity index (χ4n) is 3.20. The van der Waals surface area contributed by atoms with Gasteiger partial charge in [0.05, 0.1) is 0 Å². The highest BCUT2D eigenvalue weighted by Crippen LogP contribution is 2.34. The zero-order chi connectivity index (χ0) is 21.0. The second-order valence-corrected chi connectivity index (χ2v) is 7.18. The molecule has 2 aliphatic rings. The number of benzene rings is 1. The van der Waals surface area contributed by atoms with Gasteiger partial charge < -0.3 is 20.1 Å².